The van der Waals surface area contributed by atoms with Gasteiger partial charge in [0.15, 0.2) is 0 Å². The Bertz CT molecular complexity index is 487. The summed E-state index contributed by atoms with van der Waals surface area (Å²) in [5.74, 6) is 1.04. The number of thioether (sulfide) groups is 1. The number of benzene rings is 1. The molecular weight excluding hydrogens is 278 g/mol. The molecule has 1 aliphatic carbocycles. The van der Waals surface area contributed by atoms with Gasteiger partial charge in [-0.2, -0.15) is 5.26 Å². The lowest BCUT2D eigenvalue weighted by Gasteiger charge is -2.17. The van der Waals surface area contributed by atoms with E-state index in [1.807, 2.05) is 6.07 Å². The van der Waals surface area contributed by atoms with E-state index in [4.69, 9.17) is 0 Å². The Kier molecular flexibility index (Phi) is 6.56. The third-order valence-electron chi connectivity index (χ3n) is 3.90. The number of rotatable bonds is 9. The third kappa shape index (κ3) is 5.35. The molecule has 4 heteroatoms. The first kappa shape index (κ1) is 16.4. The van der Waals surface area contributed by atoms with Gasteiger partial charge in [-0.25, -0.2) is 0 Å². The lowest BCUT2D eigenvalue weighted by atomic mass is 10.1. The van der Waals surface area contributed by atoms with Crippen molar-refractivity contribution in [1.29, 1.82) is 5.26 Å². The first-order chi connectivity index (χ1) is 10.3. The molecule has 1 N–H and O–H groups in total. The van der Waals surface area contributed by atoms with Crippen LogP contribution in [0.25, 0.3) is 0 Å². The largest absolute Gasteiger partial charge is 0.310 e. The Morgan fingerprint density at radius 1 is 1.33 bits per heavy atom. The predicted octanol–water partition coefficient (Wildman–Crippen LogP) is 3.24. The smallest absolute Gasteiger partial charge is 0.100 e. The maximum atomic E-state index is 9.34. The van der Waals surface area contributed by atoms with Crippen molar-refractivity contribution in [2.75, 3.05) is 25.4 Å². The van der Waals surface area contributed by atoms with E-state index in [2.05, 4.69) is 42.3 Å². The van der Waals surface area contributed by atoms with Gasteiger partial charge in [-0.05, 0) is 43.6 Å². The maximum Gasteiger partial charge on any atom is 0.100 e. The first-order valence-electron chi connectivity index (χ1n) is 7.88. The van der Waals surface area contributed by atoms with E-state index < -0.39 is 0 Å². The molecule has 0 amide bonds. The lowest BCUT2D eigenvalue weighted by molar-refractivity contribution is 0.324. The molecule has 0 bridgehead atoms. The first-order valence-corrected chi connectivity index (χ1v) is 8.87. The molecule has 0 saturated heterocycles. The fourth-order valence-electron chi connectivity index (χ4n) is 2.27. The molecule has 21 heavy (non-hydrogen) atoms. The topological polar surface area (TPSA) is 39.1 Å². The molecule has 1 fully saturated rings. The van der Waals surface area contributed by atoms with Crippen LogP contribution in [0.2, 0.25) is 0 Å². The molecule has 0 spiro atoms. The van der Waals surface area contributed by atoms with Crippen molar-refractivity contribution in [2.45, 2.75) is 44.2 Å². The average molecular weight is 303 g/mol. The zero-order valence-electron chi connectivity index (χ0n) is 13.1. The lowest BCUT2D eigenvalue weighted by Crippen LogP contribution is -2.25. The SMILES string of the molecule is CCN(CC)CCSc1ccc(CNC2CC2)cc1C#N. The molecule has 114 valence electrons. The van der Waals surface area contributed by atoms with Crippen LogP contribution in [0.4, 0.5) is 0 Å². The summed E-state index contributed by atoms with van der Waals surface area (Å²) >= 11 is 1.79. The number of hydrogen-bond acceptors (Lipinski definition) is 4. The van der Waals surface area contributed by atoms with Gasteiger partial charge in [-0.3, -0.25) is 0 Å². The number of nitrogens with one attached hydrogen (secondary N) is 1. The summed E-state index contributed by atoms with van der Waals surface area (Å²) in [4.78, 5) is 3.52. The minimum atomic E-state index is 0.707. The Morgan fingerprint density at radius 3 is 2.71 bits per heavy atom. The fraction of sp³-hybridized carbons (Fsp3) is 0.588. The molecule has 0 unspecified atom stereocenters. The highest BCUT2D eigenvalue weighted by atomic mass is 32.2. The van der Waals surface area contributed by atoms with E-state index in [-0.39, 0.29) is 0 Å². The van der Waals surface area contributed by atoms with Gasteiger partial charge in [-0.15, -0.1) is 11.8 Å². The molecule has 0 heterocycles. The van der Waals surface area contributed by atoms with Gasteiger partial charge in [0.25, 0.3) is 0 Å². The number of hydrogen-bond donors (Lipinski definition) is 1. The monoisotopic (exact) mass is 303 g/mol. The van der Waals surface area contributed by atoms with Crippen molar-refractivity contribution in [3.05, 3.63) is 29.3 Å². The van der Waals surface area contributed by atoms with Gasteiger partial charge >= 0.3 is 0 Å². The molecule has 1 aliphatic rings. The van der Waals surface area contributed by atoms with Crippen LogP contribution >= 0.6 is 11.8 Å². The summed E-state index contributed by atoms with van der Waals surface area (Å²) in [5, 5.41) is 12.8. The van der Waals surface area contributed by atoms with E-state index >= 15 is 0 Å². The third-order valence-corrected chi connectivity index (χ3v) is 4.95. The molecular formula is C17H25N3S. The van der Waals surface area contributed by atoms with E-state index in [1.165, 1.54) is 18.4 Å². The van der Waals surface area contributed by atoms with Crippen molar-refractivity contribution < 1.29 is 0 Å². The summed E-state index contributed by atoms with van der Waals surface area (Å²) in [6, 6.07) is 9.34. The van der Waals surface area contributed by atoms with Gasteiger partial charge in [0.2, 0.25) is 0 Å². The van der Waals surface area contributed by atoms with E-state index in [0.717, 1.165) is 42.4 Å². The standard InChI is InChI=1S/C17H25N3S/c1-3-20(4-2)9-10-21-17-8-5-14(11-15(17)12-18)13-19-16-6-7-16/h5,8,11,16,19H,3-4,6-7,9-10,13H2,1-2H3. The summed E-state index contributed by atoms with van der Waals surface area (Å²) in [6.45, 7) is 8.52. The van der Waals surface area contributed by atoms with Gasteiger partial charge in [-0.1, -0.05) is 19.9 Å². The Hall–Kier alpha value is -1.02. The number of nitrogens with zero attached hydrogens (tertiary/aromatic N) is 2. The second kappa shape index (κ2) is 8.43. The average Bonchev–Trinajstić information content (AvgIpc) is 3.34. The minimum Gasteiger partial charge on any atom is -0.310 e. The molecule has 1 aromatic rings. The van der Waals surface area contributed by atoms with Crippen LogP contribution in [-0.4, -0.2) is 36.3 Å². The molecule has 0 aliphatic heterocycles. The highest BCUT2D eigenvalue weighted by Gasteiger charge is 2.20. The van der Waals surface area contributed by atoms with Crippen molar-refractivity contribution in [3.63, 3.8) is 0 Å². The maximum absolute atomic E-state index is 9.34. The zero-order valence-corrected chi connectivity index (χ0v) is 13.9. The molecule has 0 aromatic heterocycles. The highest BCUT2D eigenvalue weighted by molar-refractivity contribution is 7.99. The highest BCUT2D eigenvalue weighted by Crippen LogP contribution is 2.24. The van der Waals surface area contributed by atoms with Crippen LogP contribution in [-0.2, 0) is 6.54 Å². The molecule has 3 nitrogen and oxygen atoms in total. The summed E-state index contributed by atoms with van der Waals surface area (Å²) in [7, 11) is 0. The van der Waals surface area contributed by atoms with Crippen molar-refractivity contribution in [2.24, 2.45) is 0 Å². The van der Waals surface area contributed by atoms with E-state index in [9.17, 15) is 5.26 Å². The second-order valence-electron chi connectivity index (χ2n) is 5.47. The minimum absolute atomic E-state index is 0.707. The molecule has 0 radical (unpaired) electrons. The summed E-state index contributed by atoms with van der Waals surface area (Å²) < 4.78 is 0. The van der Waals surface area contributed by atoms with Crippen molar-refractivity contribution in [1.82, 2.24) is 10.2 Å². The van der Waals surface area contributed by atoms with Crippen LogP contribution in [0, 0.1) is 11.3 Å². The Labute approximate surface area is 132 Å². The molecule has 1 aromatic carbocycles. The Balaban J connectivity index is 1.87. The van der Waals surface area contributed by atoms with E-state index in [0.29, 0.717) is 6.04 Å². The van der Waals surface area contributed by atoms with Crippen LogP contribution in [0.15, 0.2) is 23.1 Å². The molecule has 0 atom stereocenters. The van der Waals surface area contributed by atoms with Crippen LogP contribution < -0.4 is 5.32 Å². The van der Waals surface area contributed by atoms with E-state index in [1.54, 1.807) is 11.8 Å². The summed E-state index contributed by atoms with van der Waals surface area (Å²) in [5.41, 5.74) is 2.03. The van der Waals surface area contributed by atoms with Gasteiger partial charge < -0.3 is 10.2 Å². The van der Waals surface area contributed by atoms with Gasteiger partial charge in [0.05, 0.1) is 5.56 Å². The van der Waals surface area contributed by atoms with Gasteiger partial charge in [0, 0.05) is 29.8 Å². The quantitative estimate of drug-likeness (QED) is 0.711. The zero-order chi connectivity index (χ0) is 15.1. The van der Waals surface area contributed by atoms with Crippen LogP contribution in [0.3, 0.4) is 0 Å². The Morgan fingerprint density at radius 2 is 2.10 bits per heavy atom. The van der Waals surface area contributed by atoms with Crippen molar-refractivity contribution in [3.8, 4) is 6.07 Å². The molecule has 2 rings (SSSR count). The fourth-order valence-corrected chi connectivity index (χ4v) is 3.27. The van der Waals surface area contributed by atoms with Crippen molar-refractivity contribution >= 4 is 11.8 Å². The normalized spacial score (nSPS) is 14.4. The van der Waals surface area contributed by atoms with Crippen LogP contribution in [0.5, 0.6) is 0 Å². The second-order valence-corrected chi connectivity index (χ2v) is 6.61. The predicted molar refractivity (Wildman–Crippen MR) is 89.5 cm³/mol. The summed E-state index contributed by atoms with van der Waals surface area (Å²) in [6.07, 6.45) is 2.59. The molecule has 1 saturated carbocycles. The number of nitriles is 1. The van der Waals surface area contributed by atoms with Gasteiger partial charge in [0.1, 0.15) is 6.07 Å². The van der Waals surface area contributed by atoms with Crippen LogP contribution in [0.1, 0.15) is 37.8 Å².